The molecule has 0 saturated carbocycles. The van der Waals surface area contributed by atoms with Gasteiger partial charge in [-0.25, -0.2) is 0 Å². The van der Waals surface area contributed by atoms with Gasteiger partial charge in [0.2, 0.25) is 0 Å². The van der Waals surface area contributed by atoms with Gasteiger partial charge in [-0.15, -0.1) is 23.8 Å². The largest absolute Gasteiger partial charge is 0 e. The number of benzene rings is 6. The number of hydrogen-bond acceptors (Lipinski definition) is 3. The molecule has 9 rings (SSSR count). The van der Waals surface area contributed by atoms with E-state index >= 15 is 0 Å². The molecule has 7 heteroatoms. The number of para-hydroxylation sites is 4. The molecule has 0 fully saturated rings. The molecule has 3 heterocycles. The van der Waals surface area contributed by atoms with Crippen molar-refractivity contribution in [2.75, 3.05) is 0 Å². The molecule has 0 N–H and O–H groups in total. The number of furan rings is 1. The standard InChI is InChI=1S/C33H23N2O.C19H25FGeN.Ir/c1-21-10-8-11-22(2)31(21)35-29-17-7-6-16-28(29)34-33(35)24-18-19-30-27(20-24)26-15-9-14-25(32(26)36-30)23-12-4-3-5-13-23;1-13(2)9-15-11-19(22-12-18(15)21(4,5)6)16-8-7-14(3)10-17(16)20;/h3-17,19-20H,1-2H3;7,10-13H,9H2,1-6H3;/q2*-1;/i;3D3;. The summed E-state index contributed by atoms with van der Waals surface area (Å²) in [6.07, 6.45) is 2.81. The smallest absolute Gasteiger partial charge is 0 e. The first-order valence-electron chi connectivity index (χ1n) is 21.3. The minimum Gasteiger partial charge on any atom is 0 e. The zero-order chi connectivity index (χ0) is 43.2. The number of pyridine rings is 1. The Bertz CT molecular complexity index is 3040. The third-order valence-corrected chi connectivity index (χ3v) is 14.9. The Morgan fingerprint density at radius 2 is 1.56 bits per heavy atom. The van der Waals surface area contributed by atoms with Crippen molar-refractivity contribution in [1.29, 1.82) is 0 Å². The van der Waals surface area contributed by atoms with E-state index in [1.807, 2.05) is 30.5 Å². The van der Waals surface area contributed by atoms with Gasteiger partial charge < -0.3 is 8.98 Å². The second kappa shape index (κ2) is 17.2. The first kappa shape index (κ1) is 38.1. The number of aromatic nitrogens is 3. The molecule has 0 amide bonds. The summed E-state index contributed by atoms with van der Waals surface area (Å²) in [5, 5.41) is 2.16. The van der Waals surface area contributed by atoms with E-state index < -0.39 is 25.9 Å². The topological polar surface area (TPSA) is 43.9 Å². The Morgan fingerprint density at radius 3 is 2.27 bits per heavy atom. The fraction of sp³-hybridized carbons (Fsp3) is 0.192. The first-order valence-corrected chi connectivity index (χ1v) is 27.1. The Labute approximate surface area is 367 Å². The Morgan fingerprint density at radius 1 is 0.831 bits per heavy atom. The van der Waals surface area contributed by atoms with Crippen LogP contribution in [0.15, 0.2) is 132 Å². The summed E-state index contributed by atoms with van der Waals surface area (Å²) in [7, 11) is 0. The van der Waals surface area contributed by atoms with Crippen LogP contribution >= 0.6 is 0 Å². The molecule has 0 atom stereocenters. The summed E-state index contributed by atoms with van der Waals surface area (Å²) in [5.41, 5.74) is 12.4. The molecule has 59 heavy (non-hydrogen) atoms. The summed E-state index contributed by atoms with van der Waals surface area (Å²) in [5.74, 6) is 7.73. The Balaban J connectivity index is 0.000000197. The van der Waals surface area contributed by atoms with Gasteiger partial charge in [0.1, 0.15) is 5.58 Å². The van der Waals surface area contributed by atoms with Crippen molar-refractivity contribution < 1.29 is 33.0 Å². The van der Waals surface area contributed by atoms with Crippen LogP contribution in [0.3, 0.4) is 0 Å². The van der Waals surface area contributed by atoms with Crippen LogP contribution in [0.1, 0.15) is 40.2 Å². The van der Waals surface area contributed by atoms with Crippen LogP contribution < -0.4 is 4.40 Å². The molecule has 9 aromatic rings. The predicted octanol–water partition coefficient (Wildman–Crippen LogP) is 13.4. The van der Waals surface area contributed by atoms with E-state index in [4.69, 9.17) is 13.5 Å². The quantitative estimate of drug-likeness (QED) is 0.118. The molecule has 299 valence electrons. The van der Waals surface area contributed by atoms with Crippen LogP contribution in [0.2, 0.25) is 17.3 Å². The van der Waals surface area contributed by atoms with Crippen LogP contribution in [0.4, 0.5) is 4.39 Å². The van der Waals surface area contributed by atoms with Gasteiger partial charge in [0.15, 0.2) is 0 Å². The average molecular weight is 1020 g/mol. The molecule has 0 spiro atoms. The number of imidazole rings is 1. The zero-order valence-electron chi connectivity index (χ0n) is 37.4. The molecule has 3 aromatic heterocycles. The van der Waals surface area contributed by atoms with Gasteiger partial charge in [-0.2, -0.15) is 0 Å². The molecular formula is C52H48FGeIrN3O-2. The van der Waals surface area contributed by atoms with Crippen molar-refractivity contribution >= 4 is 50.6 Å². The van der Waals surface area contributed by atoms with E-state index in [1.165, 1.54) is 27.2 Å². The minimum absolute atomic E-state index is 0. The van der Waals surface area contributed by atoms with Crippen LogP contribution in [0, 0.1) is 44.6 Å². The first-order chi connectivity index (χ1) is 29.1. The molecule has 0 aliphatic heterocycles. The summed E-state index contributed by atoms with van der Waals surface area (Å²) >= 11 is -2.08. The van der Waals surface area contributed by atoms with Crippen molar-refractivity contribution in [3.63, 3.8) is 0 Å². The number of fused-ring (bicyclic) bond motifs is 4. The maximum Gasteiger partial charge on any atom is 0 e. The maximum absolute atomic E-state index is 14.5. The van der Waals surface area contributed by atoms with Gasteiger partial charge in [0, 0.05) is 36.7 Å². The Hall–Kier alpha value is -5.14. The number of hydrogen-bond donors (Lipinski definition) is 0. The Kier molecular flexibility index (Phi) is 11.1. The molecular weight excluding hydrogens is 966 g/mol. The molecule has 0 unspecified atom stereocenters. The van der Waals surface area contributed by atoms with Crippen molar-refractivity contribution in [1.82, 2.24) is 14.5 Å². The monoisotopic (exact) mass is 1020 g/mol. The molecule has 0 saturated heterocycles. The minimum atomic E-state index is -2.34. The van der Waals surface area contributed by atoms with E-state index in [0.29, 0.717) is 11.6 Å². The fourth-order valence-corrected chi connectivity index (χ4v) is 11.2. The van der Waals surface area contributed by atoms with E-state index in [9.17, 15) is 4.39 Å². The summed E-state index contributed by atoms with van der Waals surface area (Å²) < 4.78 is 46.6. The van der Waals surface area contributed by atoms with Gasteiger partial charge in [0.05, 0.1) is 22.4 Å². The number of nitrogens with zero attached hydrogens (tertiary/aromatic N) is 3. The number of halogens is 1. The molecule has 0 aliphatic rings. The number of aryl methyl sites for hydroxylation is 3. The van der Waals surface area contributed by atoms with Crippen molar-refractivity contribution in [3.8, 4) is 39.5 Å². The normalized spacial score (nSPS) is 12.5. The van der Waals surface area contributed by atoms with Crippen LogP contribution in [-0.4, -0.2) is 27.8 Å². The molecule has 1 radical (unpaired) electrons. The van der Waals surface area contributed by atoms with Crippen molar-refractivity contribution in [3.05, 3.63) is 168 Å². The number of rotatable bonds is 7. The third-order valence-electron chi connectivity index (χ3n) is 10.6. The van der Waals surface area contributed by atoms with E-state index in [-0.39, 0.29) is 31.2 Å². The summed E-state index contributed by atoms with van der Waals surface area (Å²) in [6.45, 7) is 6.30. The van der Waals surface area contributed by atoms with Crippen LogP contribution in [0.5, 0.6) is 0 Å². The molecule has 6 aromatic carbocycles. The zero-order valence-corrected chi connectivity index (χ0v) is 38.9. The van der Waals surface area contributed by atoms with Crippen LogP contribution in [0.25, 0.3) is 72.4 Å². The SMILES string of the molecule is Cc1cccc(C)c1-n1c(-c2[c-]cc3oc4c(-c5ccccc5)cccc4c3c2)nc2ccccc21.[2H]C([2H])([2H])c1c[c-]c(-c2cc(CC(C)C)[c]([Ge]([CH3])([CH3])[CH3])cn2)c(F)c1.[Ir]. The van der Waals surface area contributed by atoms with E-state index in [0.717, 1.165) is 73.7 Å². The predicted molar refractivity (Wildman–Crippen MR) is 242 cm³/mol. The fourth-order valence-electron chi connectivity index (χ4n) is 7.89. The maximum atomic E-state index is 14.5. The third kappa shape index (κ3) is 8.50. The van der Waals surface area contributed by atoms with Crippen LogP contribution in [-0.2, 0) is 26.5 Å². The second-order valence-corrected chi connectivity index (χ2v) is 27.0. The molecule has 0 bridgehead atoms. The summed E-state index contributed by atoms with van der Waals surface area (Å²) in [6, 6.07) is 46.2. The van der Waals surface area contributed by atoms with Gasteiger partial charge in [-0.3, -0.25) is 4.98 Å². The van der Waals surface area contributed by atoms with Crippen molar-refractivity contribution in [2.45, 2.75) is 58.2 Å². The van der Waals surface area contributed by atoms with Gasteiger partial charge in [0.25, 0.3) is 0 Å². The van der Waals surface area contributed by atoms with Gasteiger partial charge >= 0.3 is 140 Å². The molecule has 0 aliphatic carbocycles. The van der Waals surface area contributed by atoms with E-state index in [1.54, 1.807) is 0 Å². The van der Waals surface area contributed by atoms with Crippen molar-refractivity contribution in [2.24, 2.45) is 5.92 Å². The molecule has 4 nitrogen and oxygen atoms in total. The average Bonchev–Trinajstić information content (AvgIpc) is 3.79. The van der Waals surface area contributed by atoms with Gasteiger partial charge in [-0.1, -0.05) is 84.2 Å². The van der Waals surface area contributed by atoms with E-state index in [2.05, 4.69) is 152 Å². The summed E-state index contributed by atoms with van der Waals surface area (Å²) in [4.78, 5) is 9.55. The second-order valence-electron chi connectivity index (χ2n) is 16.5. The van der Waals surface area contributed by atoms with Gasteiger partial charge in [-0.05, 0) is 42.7 Å².